The Morgan fingerprint density at radius 2 is 1.85 bits per heavy atom. The summed E-state index contributed by atoms with van der Waals surface area (Å²) in [4.78, 5) is 11.2. The predicted molar refractivity (Wildman–Crippen MR) is 81.7 cm³/mol. The van der Waals surface area contributed by atoms with Gasteiger partial charge in [-0.1, -0.05) is 64.7 Å². The number of unbranched alkanes of at least 4 members (excludes halogenated alkanes) is 3. The molecule has 0 amide bonds. The fourth-order valence-corrected chi connectivity index (χ4v) is 3.88. The molecule has 0 aliphatic heterocycles. The molecule has 2 N–H and O–H groups in total. The molecule has 3 heteroatoms. The third-order valence-electron chi connectivity index (χ3n) is 4.95. The molecule has 0 radical (unpaired) electrons. The van der Waals surface area contributed by atoms with Crippen LogP contribution in [0.15, 0.2) is 0 Å². The molecule has 0 aromatic heterocycles. The molecule has 2 atom stereocenters. The Kier molecular flexibility index (Phi) is 8.92. The highest BCUT2D eigenvalue weighted by molar-refractivity contribution is 5.67. The van der Waals surface area contributed by atoms with Crippen LogP contribution in [0.1, 0.15) is 77.6 Å². The second kappa shape index (κ2) is 10.2. The minimum absolute atomic E-state index is 0.196. The van der Waals surface area contributed by atoms with Gasteiger partial charge in [-0.2, -0.15) is 0 Å². The summed E-state index contributed by atoms with van der Waals surface area (Å²) in [6, 6.07) is 0. The smallest absolute Gasteiger partial charge is 0.303 e. The van der Waals surface area contributed by atoms with Crippen molar-refractivity contribution in [3.05, 3.63) is 0 Å². The second-order valence-corrected chi connectivity index (χ2v) is 6.43. The molecule has 1 aliphatic rings. The van der Waals surface area contributed by atoms with Crippen molar-refractivity contribution < 1.29 is 15.0 Å². The van der Waals surface area contributed by atoms with Crippen LogP contribution in [-0.2, 0) is 4.79 Å². The van der Waals surface area contributed by atoms with Crippen LogP contribution in [0.3, 0.4) is 0 Å². The number of carboxylic acids is 1. The zero-order valence-corrected chi connectivity index (χ0v) is 13.0. The fraction of sp³-hybridized carbons (Fsp3) is 0.941. The number of rotatable bonds is 11. The first-order valence-electron chi connectivity index (χ1n) is 8.51. The molecular weight excluding hydrogens is 252 g/mol. The zero-order valence-electron chi connectivity index (χ0n) is 13.0. The topological polar surface area (TPSA) is 57.5 Å². The van der Waals surface area contributed by atoms with E-state index in [0.717, 1.165) is 12.8 Å². The van der Waals surface area contributed by atoms with Gasteiger partial charge in [-0.15, -0.1) is 0 Å². The van der Waals surface area contributed by atoms with Gasteiger partial charge < -0.3 is 10.2 Å². The number of aliphatic carboxylic acids is 1. The highest BCUT2D eigenvalue weighted by atomic mass is 16.4. The van der Waals surface area contributed by atoms with Crippen LogP contribution in [0.4, 0.5) is 0 Å². The van der Waals surface area contributed by atoms with E-state index in [9.17, 15) is 15.0 Å². The van der Waals surface area contributed by atoms with Gasteiger partial charge in [0, 0.05) is 13.0 Å². The van der Waals surface area contributed by atoms with Crippen LogP contribution >= 0.6 is 0 Å². The van der Waals surface area contributed by atoms with Gasteiger partial charge >= 0.3 is 5.97 Å². The largest absolute Gasteiger partial charge is 0.481 e. The zero-order chi connectivity index (χ0) is 14.8. The predicted octanol–water partition coefficient (Wildman–Crippen LogP) is 4.24. The molecule has 0 spiro atoms. The molecule has 1 aliphatic carbocycles. The summed E-state index contributed by atoms with van der Waals surface area (Å²) in [7, 11) is 0. The van der Waals surface area contributed by atoms with E-state index in [0.29, 0.717) is 18.3 Å². The van der Waals surface area contributed by atoms with Crippen molar-refractivity contribution in [3.63, 3.8) is 0 Å². The quantitative estimate of drug-likeness (QED) is 0.558. The minimum atomic E-state index is -0.668. The SMILES string of the molecule is CCCCCCC(CCO)C(CC(=O)O)C1CCCC1. The summed E-state index contributed by atoms with van der Waals surface area (Å²) in [6.45, 7) is 2.40. The first-order chi connectivity index (χ1) is 9.69. The summed E-state index contributed by atoms with van der Waals surface area (Å²) < 4.78 is 0. The number of hydrogen-bond acceptors (Lipinski definition) is 2. The molecule has 0 saturated heterocycles. The van der Waals surface area contributed by atoms with Gasteiger partial charge in [-0.3, -0.25) is 4.79 Å². The Hall–Kier alpha value is -0.570. The lowest BCUT2D eigenvalue weighted by atomic mass is 9.75. The van der Waals surface area contributed by atoms with Crippen molar-refractivity contribution in [3.8, 4) is 0 Å². The molecule has 118 valence electrons. The van der Waals surface area contributed by atoms with Gasteiger partial charge in [0.15, 0.2) is 0 Å². The van der Waals surface area contributed by atoms with Crippen molar-refractivity contribution in [1.82, 2.24) is 0 Å². The molecule has 20 heavy (non-hydrogen) atoms. The third-order valence-corrected chi connectivity index (χ3v) is 4.95. The molecule has 2 unspecified atom stereocenters. The van der Waals surface area contributed by atoms with Crippen LogP contribution in [0, 0.1) is 17.8 Å². The number of aliphatic hydroxyl groups excluding tert-OH is 1. The molecule has 0 aromatic carbocycles. The lowest BCUT2D eigenvalue weighted by molar-refractivity contribution is -0.139. The Balaban J connectivity index is 2.57. The molecule has 0 heterocycles. The molecule has 0 aromatic rings. The van der Waals surface area contributed by atoms with Gasteiger partial charge in [0.1, 0.15) is 0 Å². The van der Waals surface area contributed by atoms with Gasteiger partial charge in [0.05, 0.1) is 0 Å². The standard InChI is InChI=1S/C17H32O3/c1-2-3-4-5-8-15(11-12-18)16(13-17(19)20)14-9-6-7-10-14/h14-16,18H,2-13H2,1H3,(H,19,20). The van der Waals surface area contributed by atoms with Crippen molar-refractivity contribution in [1.29, 1.82) is 0 Å². The number of carboxylic acid groups (broad SMARTS) is 1. The molecule has 3 nitrogen and oxygen atoms in total. The van der Waals surface area contributed by atoms with Crippen LogP contribution < -0.4 is 0 Å². The average molecular weight is 284 g/mol. The highest BCUT2D eigenvalue weighted by Gasteiger charge is 2.32. The summed E-state index contributed by atoms with van der Waals surface area (Å²) >= 11 is 0. The van der Waals surface area contributed by atoms with E-state index in [2.05, 4.69) is 6.92 Å². The first-order valence-corrected chi connectivity index (χ1v) is 8.51. The van der Waals surface area contributed by atoms with Crippen molar-refractivity contribution in [2.75, 3.05) is 6.61 Å². The van der Waals surface area contributed by atoms with Crippen LogP contribution in [-0.4, -0.2) is 22.8 Å². The first kappa shape index (κ1) is 17.5. The summed E-state index contributed by atoms with van der Waals surface area (Å²) in [6.07, 6.45) is 12.0. The average Bonchev–Trinajstić information content (AvgIpc) is 2.93. The van der Waals surface area contributed by atoms with E-state index >= 15 is 0 Å². The Labute approximate surface area is 123 Å². The maximum Gasteiger partial charge on any atom is 0.303 e. The third kappa shape index (κ3) is 6.25. The van der Waals surface area contributed by atoms with E-state index < -0.39 is 5.97 Å². The summed E-state index contributed by atoms with van der Waals surface area (Å²) in [5.74, 6) is 0.590. The van der Waals surface area contributed by atoms with Crippen molar-refractivity contribution >= 4 is 5.97 Å². The number of hydrogen-bond donors (Lipinski definition) is 2. The molecule has 1 fully saturated rings. The summed E-state index contributed by atoms with van der Waals surface area (Å²) in [5, 5.41) is 18.5. The van der Waals surface area contributed by atoms with Crippen LogP contribution in [0.5, 0.6) is 0 Å². The van der Waals surface area contributed by atoms with Gasteiger partial charge in [0.2, 0.25) is 0 Å². The maximum atomic E-state index is 11.2. The molecule has 1 saturated carbocycles. The Morgan fingerprint density at radius 3 is 2.40 bits per heavy atom. The van der Waals surface area contributed by atoms with Gasteiger partial charge in [-0.05, 0) is 24.2 Å². The van der Waals surface area contributed by atoms with Crippen LogP contribution in [0.2, 0.25) is 0 Å². The molecular formula is C17H32O3. The molecule has 1 rings (SSSR count). The Bertz CT molecular complexity index is 259. The summed E-state index contributed by atoms with van der Waals surface area (Å²) in [5.41, 5.74) is 0. The van der Waals surface area contributed by atoms with Crippen molar-refractivity contribution in [2.24, 2.45) is 17.8 Å². The monoisotopic (exact) mass is 284 g/mol. The molecule has 0 bridgehead atoms. The minimum Gasteiger partial charge on any atom is -0.481 e. The van der Waals surface area contributed by atoms with E-state index in [-0.39, 0.29) is 12.5 Å². The lowest BCUT2D eigenvalue weighted by Crippen LogP contribution is -2.26. The van der Waals surface area contributed by atoms with Gasteiger partial charge in [-0.25, -0.2) is 0 Å². The number of carbonyl (C=O) groups is 1. The number of aliphatic hydroxyl groups is 1. The normalized spacial score (nSPS) is 19.1. The lowest BCUT2D eigenvalue weighted by Gasteiger charge is -2.30. The van der Waals surface area contributed by atoms with Crippen LogP contribution in [0.25, 0.3) is 0 Å². The maximum absolute atomic E-state index is 11.2. The van der Waals surface area contributed by atoms with E-state index in [1.54, 1.807) is 0 Å². The van der Waals surface area contributed by atoms with Gasteiger partial charge in [0.25, 0.3) is 0 Å². The van der Waals surface area contributed by atoms with E-state index in [1.165, 1.54) is 51.4 Å². The fourth-order valence-electron chi connectivity index (χ4n) is 3.88. The van der Waals surface area contributed by atoms with Crippen molar-refractivity contribution in [2.45, 2.75) is 77.6 Å². The highest BCUT2D eigenvalue weighted by Crippen LogP contribution is 2.40. The van der Waals surface area contributed by atoms with E-state index in [4.69, 9.17) is 0 Å². The Morgan fingerprint density at radius 1 is 1.15 bits per heavy atom. The van der Waals surface area contributed by atoms with E-state index in [1.807, 2.05) is 0 Å². The second-order valence-electron chi connectivity index (χ2n) is 6.43.